The first kappa shape index (κ1) is 15.0. The van der Waals surface area contributed by atoms with E-state index in [1.54, 1.807) is 24.3 Å². The fourth-order valence-electron chi connectivity index (χ4n) is 2.19. The van der Waals surface area contributed by atoms with Gasteiger partial charge < -0.3 is 5.73 Å². The third kappa shape index (κ3) is 4.03. The number of nitrogens with one attached hydrogen (secondary N) is 1. The standard InChI is InChI=1S/C14H18ClN3O2/c15-12-4-2-1-3-11(12)14(20)17-13(19)9-18-7-5-10(16)6-8-18/h1-4,10H,5-9,16H2,(H,17,19,20). The van der Waals surface area contributed by atoms with E-state index in [9.17, 15) is 9.59 Å². The second kappa shape index (κ2) is 6.83. The third-order valence-electron chi connectivity index (χ3n) is 3.37. The zero-order chi connectivity index (χ0) is 14.5. The minimum atomic E-state index is -0.464. The minimum absolute atomic E-state index is 0.211. The Kier molecular flexibility index (Phi) is 5.11. The summed E-state index contributed by atoms with van der Waals surface area (Å²) < 4.78 is 0. The predicted molar refractivity (Wildman–Crippen MR) is 77.6 cm³/mol. The number of hydrogen-bond donors (Lipinski definition) is 2. The average molecular weight is 296 g/mol. The summed E-state index contributed by atoms with van der Waals surface area (Å²) in [6, 6.07) is 6.87. The summed E-state index contributed by atoms with van der Waals surface area (Å²) in [5.41, 5.74) is 6.11. The quantitative estimate of drug-likeness (QED) is 0.873. The molecule has 0 atom stereocenters. The Bertz CT molecular complexity index is 499. The van der Waals surface area contributed by atoms with Crippen LogP contribution in [0.3, 0.4) is 0 Å². The Morgan fingerprint density at radius 2 is 1.95 bits per heavy atom. The molecular formula is C14H18ClN3O2. The Balaban J connectivity index is 1.85. The molecule has 0 radical (unpaired) electrons. The number of halogens is 1. The average Bonchev–Trinajstić information content (AvgIpc) is 2.41. The van der Waals surface area contributed by atoms with Gasteiger partial charge >= 0.3 is 0 Å². The van der Waals surface area contributed by atoms with E-state index >= 15 is 0 Å². The zero-order valence-electron chi connectivity index (χ0n) is 11.1. The van der Waals surface area contributed by atoms with E-state index in [0.717, 1.165) is 25.9 Å². The van der Waals surface area contributed by atoms with Gasteiger partial charge in [0.15, 0.2) is 0 Å². The summed E-state index contributed by atoms with van der Waals surface area (Å²) in [5, 5.41) is 2.70. The number of imide groups is 1. The highest BCUT2D eigenvalue weighted by Crippen LogP contribution is 2.14. The molecule has 1 saturated heterocycles. The number of rotatable bonds is 3. The van der Waals surface area contributed by atoms with E-state index in [1.165, 1.54) is 0 Å². The van der Waals surface area contributed by atoms with Crippen LogP contribution in [0.15, 0.2) is 24.3 Å². The van der Waals surface area contributed by atoms with Gasteiger partial charge in [0.25, 0.3) is 5.91 Å². The first-order chi connectivity index (χ1) is 9.56. The number of hydrogen-bond acceptors (Lipinski definition) is 4. The lowest BCUT2D eigenvalue weighted by Crippen LogP contribution is -2.45. The lowest BCUT2D eigenvalue weighted by atomic mass is 10.1. The Hall–Kier alpha value is -1.43. The molecule has 0 aliphatic carbocycles. The molecule has 1 fully saturated rings. The van der Waals surface area contributed by atoms with Gasteiger partial charge in [0.2, 0.25) is 5.91 Å². The molecule has 0 unspecified atom stereocenters. The van der Waals surface area contributed by atoms with Gasteiger partial charge in [-0.05, 0) is 25.0 Å². The summed E-state index contributed by atoms with van der Waals surface area (Å²) in [6.45, 7) is 1.78. The normalized spacial score (nSPS) is 16.9. The monoisotopic (exact) mass is 295 g/mol. The van der Waals surface area contributed by atoms with Crippen molar-refractivity contribution in [2.24, 2.45) is 5.73 Å². The van der Waals surface area contributed by atoms with Crippen molar-refractivity contribution in [1.82, 2.24) is 10.2 Å². The van der Waals surface area contributed by atoms with Gasteiger partial charge in [-0.25, -0.2) is 0 Å². The molecule has 1 aliphatic rings. The third-order valence-corrected chi connectivity index (χ3v) is 3.70. The lowest BCUT2D eigenvalue weighted by Gasteiger charge is -2.29. The molecule has 2 rings (SSSR count). The maximum absolute atomic E-state index is 11.9. The van der Waals surface area contributed by atoms with Crippen LogP contribution in [0, 0.1) is 0 Å². The molecule has 3 N–H and O–H groups in total. The highest BCUT2D eigenvalue weighted by molar-refractivity contribution is 6.34. The number of nitrogens with zero attached hydrogens (tertiary/aromatic N) is 1. The van der Waals surface area contributed by atoms with Crippen LogP contribution in [0.25, 0.3) is 0 Å². The summed E-state index contributed by atoms with van der Waals surface area (Å²) in [7, 11) is 0. The maximum Gasteiger partial charge on any atom is 0.259 e. The molecule has 5 nitrogen and oxygen atoms in total. The SMILES string of the molecule is NC1CCN(CC(=O)NC(=O)c2ccccc2Cl)CC1. The molecule has 6 heteroatoms. The van der Waals surface area contributed by atoms with Gasteiger partial charge in [-0.3, -0.25) is 19.8 Å². The fourth-order valence-corrected chi connectivity index (χ4v) is 2.41. The predicted octanol–water partition coefficient (Wildman–Crippen LogP) is 1.02. The van der Waals surface area contributed by atoms with Gasteiger partial charge in [0, 0.05) is 19.1 Å². The van der Waals surface area contributed by atoms with Crippen molar-refractivity contribution < 1.29 is 9.59 Å². The second-order valence-corrected chi connectivity index (χ2v) is 5.38. The molecule has 0 spiro atoms. The first-order valence-electron chi connectivity index (χ1n) is 6.63. The first-order valence-corrected chi connectivity index (χ1v) is 7.00. The molecular weight excluding hydrogens is 278 g/mol. The zero-order valence-corrected chi connectivity index (χ0v) is 11.9. The summed E-state index contributed by atoms with van der Waals surface area (Å²) in [5.74, 6) is -0.778. The van der Waals surface area contributed by atoms with Crippen molar-refractivity contribution in [3.05, 3.63) is 34.9 Å². The second-order valence-electron chi connectivity index (χ2n) is 4.97. The van der Waals surface area contributed by atoms with Crippen LogP contribution in [0.1, 0.15) is 23.2 Å². The van der Waals surface area contributed by atoms with Crippen LogP contribution in [0.2, 0.25) is 5.02 Å². The van der Waals surface area contributed by atoms with Gasteiger partial charge in [0.1, 0.15) is 0 Å². The van der Waals surface area contributed by atoms with Gasteiger partial charge in [-0.1, -0.05) is 23.7 Å². The molecule has 1 heterocycles. The van der Waals surface area contributed by atoms with Crippen LogP contribution in [-0.2, 0) is 4.79 Å². The van der Waals surface area contributed by atoms with Crippen molar-refractivity contribution in [2.75, 3.05) is 19.6 Å². The number of piperidine rings is 1. The number of carbonyl (C=O) groups excluding carboxylic acids is 2. The van der Waals surface area contributed by atoms with E-state index in [-0.39, 0.29) is 18.5 Å². The van der Waals surface area contributed by atoms with Gasteiger partial charge in [0.05, 0.1) is 17.1 Å². The molecule has 20 heavy (non-hydrogen) atoms. The Labute approximate surface area is 123 Å². The van der Waals surface area contributed by atoms with Crippen LogP contribution in [0.4, 0.5) is 0 Å². The summed E-state index contributed by atoms with van der Waals surface area (Å²) in [4.78, 5) is 25.8. The number of likely N-dealkylation sites (tertiary alicyclic amines) is 1. The largest absolute Gasteiger partial charge is 0.328 e. The maximum atomic E-state index is 11.9. The van der Waals surface area contributed by atoms with Crippen molar-refractivity contribution in [2.45, 2.75) is 18.9 Å². The molecule has 108 valence electrons. The Morgan fingerprint density at radius 3 is 2.60 bits per heavy atom. The molecule has 2 amide bonds. The molecule has 1 aromatic carbocycles. The van der Waals surface area contributed by atoms with E-state index in [0.29, 0.717) is 10.6 Å². The van der Waals surface area contributed by atoms with Crippen molar-refractivity contribution in [1.29, 1.82) is 0 Å². The van der Waals surface area contributed by atoms with E-state index in [1.807, 2.05) is 4.90 Å². The molecule has 0 saturated carbocycles. The van der Waals surface area contributed by atoms with Crippen LogP contribution in [-0.4, -0.2) is 42.4 Å². The molecule has 0 bridgehead atoms. The number of carbonyl (C=O) groups is 2. The topological polar surface area (TPSA) is 75.4 Å². The minimum Gasteiger partial charge on any atom is -0.328 e. The van der Waals surface area contributed by atoms with Crippen LogP contribution >= 0.6 is 11.6 Å². The highest BCUT2D eigenvalue weighted by atomic mass is 35.5. The highest BCUT2D eigenvalue weighted by Gasteiger charge is 2.20. The van der Waals surface area contributed by atoms with Crippen LogP contribution < -0.4 is 11.1 Å². The Morgan fingerprint density at radius 1 is 1.30 bits per heavy atom. The van der Waals surface area contributed by atoms with E-state index in [2.05, 4.69) is 5.32 Å². The van der Waals surface area contributed by atoms with E-state index < -0.39 is 5.91 Å². The van der Waals surface area contributed by atoms with Gasteiger partial charge in [-0.2, -0.15) is 0 Å². The van der Waals surface area contributed by atoms with Crippen molar-refractivity contribution in [3.63, 3.8) is 0 Å². The summed E-state index contributed by atoms with van der Waals surface area (Å²) in [6.07, 6.45) is 1.76. The molecule has 0 aromatic heterocycles. The van der Waals surface area contributed by atoms with Crippen molar-refractivity contribution >= 4 is 23.4 Å². The molecule has 1 aliphatic heterocycles. The summed E-state index contributed by atoms with van der Waals surface area (Å²) >= 11 is 5.91. The number of amides is 2. The van der Waals surface area contributed by atoms with E-state index in [4.69, 9.17) is 17.3 Å². The fraction of sp³-hybridized carbons (Fsp3) is 0.429. The number of benzene rings is 1. The smallest absolute Gasteiger partial charge is 0.259 e. The molecule has 1 aromatic rings. The lowest BCUT2D eigenvalue weighted by molar-refractivity contribution is -0.121. The van der Waals surface area contributed by atoms with Crippen molar-refractivity contribution in [3.8, 4) is 0 Å². The van der Waals surface area contributed by atoms with Gasteiger partial charge in [-0.15, -0.1) is 0 Å². The van der Waals surface area contributed by atoms with Crippen LogP contribution in [0.5, 0.6) is 0 Å². The number of nitrogens with two attached hydrogens (primary N) is 1.